The Morgan fingerprint density at radius 3 is 2.44 bits per heavy atom. The van der Waals surface area contributed by atoms with Crippen molar-refractivity contribution in [3.05, 3.63) is 81.5 Å². The number of carbonyl (C=O) groups excluding carboxylic acids is 2. The van der Waals surface area contributed by atoms with Crippen molar-refractivity contribution >= 4 is 23.5 Å². The van der Waals surface area contributed by atoms with Crippen molar-refractivity contribution in [2.45, 2.75) is 32.7 Å². The van der Waals surface area contributed by atoms with Crippen LogP contribution in [0.4, 0.5) is 0 Å². The van der Waals surface area contributed by atoms with E-state index in [2.05, 4.69) is 0 Å². The molecule has 1 atom stereocenters. The molecule has 0 saturated heterocycles. The molecule has 1 heterocycles. The van der Waals surface area contributed by atoms with E-state index in [1.807, 2.05) is 49.4 Å². The molecule has 0 N–H and O–H groups in total. The van der Waals surface area contributed by atoms with Gasteiger partial charge in [0.05, 0.1) is 19.2 Å². The number of nitrogens with zero attached hydrogens (tertiary/aromatic N) is 1. The number of ether oxygens (including phenoxy) is 1. The highest BCUT2D eigenvalue weighted by Crippen LogP contribution is 2.40. The van der Waals surface area contributed by atoms with Crippen molar-refractivity contribution < 1.29 is 14.3 Å². The van der Waals surface area contributed by atoms with E-state index < -0.39 is 11.9 Å². The van der Waals surface area contributed by atoms with Crippen LogP contribution in [0.3, 0.4) is 0 Å². The molecule has 0 spiro atoms. The summed E-state index contributed by atoms with van der Waals surface area (Å²) < 4.78 is 5.02. The SMILES string of the molecule is COC(=O)C1=C(C)N(Cc2ccc(C)cc2)C(=O)C[C@H]1c1ccccc1Cl. The molecule has 0 bridgehead atoms. The average molecular weight is 384 g/mol. The summed E-state index contributed by atoms with van der Waals surface area (Å²) in [6.45, 7) is 4.23. The predicted molar refractivity (Wildman–Crippen MR) is 105 cm³/mol. The van der Waals surface area contributed by atoms with Crippen LogP contribution in [-0.4, -0.2) is 23.9 Å². The lowest BCUT2D eigenvalue weighted by atomic mass is 9.83. The van der Waals surface area contributed by atoms with Crippen LogP contribution in [-0.2, 0) is 20.9 Å². The summed E-state index contributed by atoms with van der Waals surface area (Å²) in [5, 5.41) is 0.538. The Hall–Kier alpha value is -2.59. The minimum atomic E-state index is -0.432. The first-order valence-corrected chi connectivity index (χ1v) is 9.19. The monoisotopic (exact) mass is 383 g/mol. The third-order valence-electron chi connectivity index (χ3n) is 4.97. The maximum Gasteiger partial charge on any atom is 0.336 e. The number of esters is 1. The fourth-order valence-corrected chi connectivity index (χ4v) is 3.74. The van der Waals surface area contributed by atoms with Gasteiger partial charge in [0, 0.05) is 23.1 Å². The zero-order chi connectivity index (χ0) is 19.6. The molecular weight excluding hydrogens is 362 g/mol. The van der Waals surface area contributed by atoms with Crippen LogP contribution in [0.5, 0.6) is 0 Å². The second-order valence-corrected chi connectivity index (χ2v) is 7.14. The minimum absolute atomic E-state index is 0.0364. The van der Waals surface area contributed by atoms with Crippen LogP contribution in [0.2, 0.25) is 5.02 Å². The van der Waals surface area contributed by atoms with E-state index in [0.717, 1.165) is 16.7 Å². The molecule has 0 fully saturated rings. The molecule has 2 aromatic rings. The first-order valence-electron chi connectivity index (χ1n) is 8.81. The molecule has 0 aliphatic carbocycles. The molecule has 2 aromatic carbocycles. The van der Waals surface area contributed by atoms with Crippen molar-refractivity contribution in [1.29, 1.82) is 0 Å². The summed E-state index contributed by atoms with van der Waals surface area (Å²) in [7, 11) is 1.35. The van der Waals surface area contributed by atoms with Gasteiger partial charge >= 0.3 is 5.97 Å². The zero-order valence-electron chi connectivity index (χ0n) is 15.7. The van der Waals surface area contributed by atoms with E-state index >= 15 is 0 Å². The summed E-state index contributed by atoms with van der Waals surface area (Å²) in [6, 6.07) is 15.3. The summed E-state index contributed by atoms with van der Waals surface area (Å²) >= 11 is 6.35. The minimum Gasteiger partial charge on any atom is -0.466 e. The molecule has 4 nitrogen and oxygen atoms in total. The molecule has 1 amide bonds. The third kappa shape index (κ3) is 3.91. The predicted octanol–water partition coefficient (Wildman–Crippen LogP) is 4.61. The molecule has 0 radical (unpaired) electrons. The van der Waals surface area contributed by atoms with Gasteiger partial charge in [-0.25, -0.2) is 4.79 Å². The molecule has 0 saturated carbocycles. The van der Waals surface area contributed by atoms with Gasteiger partial charge in [0.1, 0.15) is 0 Å². The number of allylic oxidation sites excluding steroid dienone is 1. The number of hydrogen-bond donors (Lipinski definition) is 0. The second-order valence-electron chi connectivity index (χ2n) is 6.73. The van der Waals surface area contributed by atoms with Crippen molar-refractivity contribution in [3.63, 3.8) is 0 Å². The van der Waals surface area contributed by atoms with E-state index in [9.17, 15) is 9.59 Å². The molecule has 140 valence electrons. The second kappa shape index (κ2) is 7.97. The van der Waals surface area contributed by atoms with Crippen molar-refractivity contribution in [2.24, 2.45) is 0 Å². The molecule has 0 unspecified atom stereocenters. The number of amides is 1. The van der Waals surface area contributed by atoms with Gasteiger partial charge in [-0.1, -0.05) is 59.6 Å². The van der Waals surface area contributed by atoms with Gasteiger partial charge in [-0.2, -0.15) is 0 Å². The Kier molecular flexibility index (Phi) is 5.66. The summed E-state index contributed by atoms with van der Waals surface area (Å²) in [5.41, 5.74) is 4.03. The van der Waals surface area contributed by atoms with Gasteiger partial charge in [-0.3, -0.25) is 4.79 Å². The van der Waals surface area contributed by atoms with E-state index in [1.165, 1.54) is 7.11 Å². The van der Waals surface area contributed by atoms with Crippen LogP contribution in [0.25, 0.3) is 0 Å². The Balaban J connectivity index is 2.03. The van der Waals surface area contributed by atoms with Crippen LogP contribution < -0.4 is 0 Å². The molecule has 0 aromatic heterocycles. The van der Waals surface area contributed by atoms with Gasteiger partial charge < -0.3 is 9.64 Å². The van der Waals surface area contributed by atoms with Crippen molar-refractivity contribution in [3.8, 4) is 0 Å². The summed E-state index contributed by atoms with van der Waals surface area (Å²) in [5.74, 6) is -0.877. The maximum atomic E-state index is 12.9. The lowest BCUT2D eigenvalue weighted by Gasteiger charge is -2.34. The van der Waals surface area contributed by atoms with Crippen molar-refractivity contribution in [1.82, 2.24) is 4.90 Å². The van der Waals surface area contributed by atoms with Gasteiger partial charge in [0.15, 0.2) is 0 Å². The quantitative estimate of drug-likeness (QED) is 0.724. The van der Waals surface area contributed by atoms with Crippen LogP contribution >= 0.6 is 11.6 Å². The lowest BCUT2D eigenvalue weighted by Crippen LogP contribution is -2.38. The Bertz CT molecular complexity index is 902. The number of rotatable bonds is 4. The molecule has 27 heavy (non-hydrogen) atoms. The van der Waals surface area contributed by atoms with Gasteiger partial charge in [-0.15, -0.1) is 0 Å². The van der Waals surface area contributed by atoms with Gasteiger partial charge in [-0.05, 0) is 31.0 Å². The molecule has 5 heteroatoms. The van der Waals surface area contributed by atoms with Crippen LogP contribution in [0.15, 0.2) is 59.8 Å². The third-order valence-corrected chi connectivity index (χ3v) is 5.31. The zero-order valence-corrected chi connectivity index (χ0v) is 16.4. The highest BCUT2D eigenvalue weighted by molar-refractivity contribution is 6.31. The fourth-order valence-electron chi connectivity index (χ4n) is 3.48. The Labute approximate surface area is 164 Å². The number of hydrogen-bond acceptors (Lipinski definition) is 3. The highest BCUT2D eigenvalue weighted by Gasteiger charge is 2.37. The molecule has 1 aliphatic heterocycles. The smallest absolute Gasteiger partial charge is 0.336 e. The number of carbonyl (C=O) groups is 2. The van der Waals surface area contributed by atoms with Crippen LogP contribution in [0, 0.1) is 6.92 Å². The van der Waals surface area contributed by atoms with Crippen LogP contribution in [0.1, 0.15) is 36.0 Å². The van der Waals surface area contributed by atoms with Gasteiger partial charge in [0.25, 0.3) is 0 Å². The molecule has 1 aliphatic rings. The largest absolute Gasteiger partial charge is 0.466 e. The lowest BCUT2D eigenvalue weighted by molar-refractivity contribution is -0.138. The Morgan fingerprint density at radius 2 is 1.81 bits per heavy atom. The van der Waals surface area contributed by atoms with Crippen molar-refractivity contribution in [2.75, 3.05) is 7.11 Å². The number of methoxy groups -OCH3 is 1. The van der Waals surface area contributed by atoms with E-state index in [0.29, 0.717) is 22.8 Å². The molecule has 3 rings (SSSR count). The highest BCUT2D eigenvalue weighted by atomic mass is 35.5. The number of aryl methyl sites for hydroxylation is 1. The van der Waals surface area contributed by atoms with E-state index in [1.54, 1.807) is 17.9 Å². The first kappa shape index (κ1) is 19.2. The Morgan fingerprint density at radius 1 is 1.15 bits per heavy atom. The molecular formula is C22H22ClNO3. The fraction of sp³-hybridized carbons (Fsp3) is 0.273. The van der Waals surface area contributed by atoms with Gasteiger partial charge in [0.2, 0.25) is 5.91 Å². The maximum absolute atomic E-state index is 12.9. The normalized spacial score (nSPS) is 17.3. The van der Waals surface area contributed by atoms with E-state index in [4.69, 9.17) is 16.3 Å². The summed E-state index contributed by atoms with van der Waals surface area (Å²) in [6.07, 6.45) is 0.178. The standard InChI is InChI=1S/C22H22ClNO3/c1-14-8-10-16(11-9-14)13-24-15(2)21(22(26)27-3)18(12-20(24)25)17-6-4-5-7-19(17)23/h4-11,18H,12-13H2,1-3H3/t18-/m0/s1. The van der Waals surface area contributed by atoms with E-state index in [-0.39, 0.29) is 12.3 Å². The first-order chi connectivity index (χ1) is 12.9. The summed E-state index contributed by atoms with van der Waals surface area (Å²) in [4.78, 5) is 27.1. The number of halogens is 1. The number of benzene rings is 2. The topological polar surface area (TPSA) is 46.6 Å². The average Bonchev–Trinajstić information content (AvgIpc) is 2.66.